The number of carbonyl (C=O) groups excluding carboxylic acids is 1. The van der Waals surface area contributed by atoms with Gasteiger partial charge in [0.25, 0.3) is 0 Å². The van der Waals surface area contributed by atoms with Crippen molar-refractivity contribution < 1.29 is 4.79 Å². The Hall–Kier alpha value is -2.14. The summed E-state index contributed by atoms with van der Waals surface area (Å²) in [6, 6.07) is 4.04. The zero-order chi connectivity index (χ0) is 17.9. The van der Waals surface area contributed by atoms with E-state index in [-0.39, 0.29) is 17.4 Å². The van der Waals surface area contributed by atoms with E-state index in [1.807, 2.05) is 24.4 Å². The fourth-order valence-corrected chi connectivity index (χ4v) is 3.26. The van der Waals surface area contributed by atoms with Gasteiger partial charge in [-0.15, -0.1) is 0 Å². The van der Waals surface area contributed by atoms with Crippen LogP contribution in [0.2, 0.25) is 0 Å². The molecule has 1 atom stereocenters. The van der Waals surface area contributed by atoms with Gasteiger partial charge in [0.1, 0.15) is 5.65 Å². The first-order valence-corrected chi connectivity index (χ1v) is 9.06. The van der Waals surface area contributed by atoms with Crippen LogP contribution >= 0.6 is 0 Å². The number of nitrogens with zero attached hydrogens (tertiary/aromatic N) is 2. The average molecular weight is 340 g/mol. The molecule has 0 unspecified atom stereocenters. The lowest BCUT2D eigenvalue weighted by Crippen LogP contribution is -2.49. The summed E-state index contributed by atoms with van der Waals surface area (Å²) in [5.41, 5.74) is 1.84. The molecule has 2 aromatic rings. The van der Waals surface area contributed by atoms with Crippen LogP contribution in [0.4, 0.5) is 0 Å². The maximum absolute atomic E-state index is 12.5. The second kappa shape index (κ2) is 7.40. The Labute approximate surface area is 149 Å². The Morgan fingerprint density at radius 3 is 2.88 bits per heavy atom. The number of H-pyrrole nitrogens is 1. The summed E-state index contributed by atoms with van der Waals surface area (Å²) in [6.45, 7) is 9.75. The lowest BCUT2D eigenvalue weighted by Gasteiger charge is -2.34. The smallest absolute Gasteiger partial charge is 0.244 e. The highest BCUT2D eigenvalue weighted by Crippen LogP contribution is 2.22. The van der Waals surface area contributed by atoms with E-state index in [2.05, 4.69) is 41.0 Å². The third-order valence-corrected chi connectivity index (χ3v) is 4.90. The quantitative estimate of drug-likeness (QED) is 0.822. The number of aromatic amines is 1. The van der Waals surface area contributed by atoms with Crippen LogP contribution in [0, 0.1) is 5.41 Å². The number of hydrogen-bond acceptors (Lipinski definition) is 3. The molecule has 1 amide bonds. The molecule has 0 aliphatic carbocycles. The molecule has 3 heterocycles. The predicted octanol–water partition coefficient (Wildman–Crippen LogP) is 3.20. The molecule has 25 heavy (non-hydrogen) atoms. The van der Waals surface area contributed by atoms with Gasteiger partial charge < -0.3 is 15.2 Å². The molecule has 1 aliphatic heterocycles. The van der Waals surface area contributed by atoms with Crippen LogP contribution in [-0.2, 0) is 4.79 Å². The van der Waals surface area contributed by atoms with E-state index >= 15 is 0 Å². The number of rotatable bonds is 5. The van der Waals surface area contributed by atoms with E-state index in [9.17, 15) is 4.79 Å². The van der Waals surface area contributed by atoms with Crippen molar-refractivity contribution in [2.75, 3.05) is 19.6 Å². The lowest BCUT2D eigenvalue weighted by atomic mass is 9.86. The molecule has 1 aliphatic rings. The molecule has 1 saturated heterocycles. The molecule has 134 valence electrons. The maximum Gasteiger partial charge on any atom is 0.244 e. The van der Waals surface area contributed by atoms with Crippen LogP contribution in [0.15, 0.2) is 30.6 Å². The highest BCUT2D eigenvalue weighted by atomic mass is 16.1. The number of pyridine rings is 1. The maximum atomic E-state index is 12.5. The van der Waals surface area contributed by atoms with Gasteiger partial charge in [0, 0.05) is 42.0 Å². The molecular weight excluding hydrogens is 312 g/mol. The standard InChI is InChI=1S/C20H28N4O/c1-20(2,3)17(14-24-11-4-5-12-24)23-18(25)9-8-15-13-22-19-16(15)7-6-10-21-19/h6-10,13,17H,4-5,11-12,14H2,1-3H3,(H,21,22)(H,23,25)/b9-8+/t17-/m1/s1. The van der Waals surface area contributed by atoms with Crippen LogP contribution in [0.25, 0.3) is 17.1 Å². The fraction of sp³-hybridized carbons (Fsp3) is 0.500. The molecule has 0 saturated carbocycles. The number of fused-ring (bicyclic) bond motifs is 1. The summed E-state index contributed by atoms with van der Waals surface area (Å²) in [7, 11) is 0. The van der Waals surface area contributed by atoms with Gasteiger partial charge in [0.05, 0.1) is 0 Å². The SMILES string of the molecule is CC(C)(C)[C@@H](CN1CCCC1)NC(=O)/C=C/c1c[nH]c2ncccc12. The number of nitrogens with one attached hydrogen (secondary N) is 2. The second-order valence-corrected chi connectivity index (χ2v) is 7.91. The Balaban J connectivity index is 1.66. The Kier molecular flexibility index (Phi) is 5.23. The van der Waals surface area contributed by atoms with Gasteiger partial charge in [-0.05, 0) is 49.6 Å². The number of hydrogen-bond donors (Lipinski definition) is 2. The summed E-state index contributed by atoms with van der Waals surface area (Å²) in [5.74, 6) is -0.0441. The van der Waals surface area contributed by atoms with Crippen molar-refractivity contribution in [3.63, 3.8) is 0 Å². The van der Waals surface area contributed by atoms with Crippen molar-refractivity contribution in [1.29, 1.82) is 0 Å². The second-order valence-electron chi connectivity index (χ2n) is 7.91. The molecular formula is C20H28N4O. The van der Waals surface area contributed by atoms with Crippen molar-refractivity contribution in [3.8, 4) is 0 Å². The van der Waals surface area contributed by atoms with Crippen molar-refractivity contribution in [3.05, 3.63) is 36.2 Å². The molecule has 0 radical (unpaired) electrons. The number of carbonyl (C=O) groups is 1. The molecule has 0 bridgehead atoms. The third kappa shape index (κ3) is 4.48. The lowest BCUT2D eigenvalue weighted by molar-refractivity contribution is -0.118. The Bertz CT molecular complexity index is 750. The number of aromatic nitrogens is 2. The first kappa shape index (κ1) is 17.7. The van der Waals surface area contributed by atoms with Gasteiger partial charge in [-0.2, -0.15) is 0 Å². The molecule has 2 aromatic heterocycles. The summed E-state index contributed by atoms with van der Waals surface area (Å²) in [4.78, 5) is 22.3. The molecule has 0 spiro atoms. The molecule has 0 aromatic carbocycles. The molecule has 2 N–H and O–H groups in total. The van der Waals surface area contributed by atoms with E-state index in [4.69, 9.17) is 0 Å². The van der Waals surface area contributed by atoms with Crippen LogP contribution in [0.3, 0.4) is 0 Å². The summed E-state index contributed by atoms with van der Waals surface area (Å²) >= 11 is 0. The van der Waals surface area contributed by atoms with Gasteiger partial charge in [0.2, 0.25) is 5.91 Å². The molecule has 1 fully saturated rings. The summed E-state index contributed by atoms with van der Waals surface area (Å²) in [5, 5.41) is 4.23. The molecule has 5 heteroatoms. The Morgan fingerprint density at radius 1 is 1.40 bits per heavy atom. The largest absolute Gasteiger partial charge is 0.348 e. The average Bonchev–Trinajstić information content (AvgIpc) is 3.21. The normalized spacial score (nSPS) is 17.4. The van der Waals surface area contributed by atoms with Crippen molar-refractivity contribution in [2.24, 2.45) is 5.41 Å². The minimum absolute atomic E-state index is 0.0246. The van der Waals surface area contributed by atoms with E-state index in [0.717, 1.165) is 36.2 Å². The van der Waals surface area contributed by atoms with Gasteiger partial charge in [-0.1, -0.05) is 20.8 Å². The van der Waals surface area contributed by atoms with Gasteiger partial charge >= 0.3 is 0 Å². The van der Waals surface area contributed by atoms with E-state index in [0.29, 0.717) is 0 Å². The highest BCUT2D eigenvalue weighted by molar-refractivity contribution is 5.95. The fourth-order valence-electron chi connectivity index (χ4n) is 3.26. The van der Waals surface area contributed by atoms with Gasteiger partial charge in [-0.25, -0.2) is 4.98 Å². The third-order valence-electron chi connectivity index (χ3n) is 4.90. The van der Waals surface area contributed by atoms with Crippen molar-refractivity contribution in [1.82, 2.24) is 20.2 Å². The van der Waals surface area contributed by atoms with E-state index in [1.54, 1.807) is 12.3 Å². The van der Waals surface area contributed by atoms with Crippen LogP contribution < -0.4 is 5.32 Å². The van der Waals surface area contributed by atoms with Crippen molar-refractivity contribution in [2.45, 2.75) is 39.7 Å². The van der Waals surface area contributed by atoms with E-state index in [1.165, 1.54) is 12.8 Å². The monoisotopic (exact) mass is 340 g/mol. The van der Waals surface area contributed by atoms with Crippen molar-refractivity contribution >= 4 is 23.0 Å². The first-order valence-electron chi connectivity index (χ1n) is 9.06. The highest BCUT2D eigenvalue weighted by Gasteiger charge is 2.28. The van der Waals surface area contributed by atoms with E-state index < -0.39 is 0 Å². The molecule has 3 rings (SSSR count). The van der Waals surface area contributed by atoms with Gasteiger partial charge in [-0.3, -0.25) is 4.79 Å². The minimum atomic E-state index is -0.0441. The van der Waals surface area contributed by atoms with Gasteiger partial charge in [0.15, 0.2) is 0 Å². The zero-order valence-electron chi connectivity index (χ0n) is 15.4. The predicted molar refractivity (Wildman–Crippen MR) is 102 cm³/mol. The minimum Gasteiger partial charge on any atom is -0.348 e. The topological polar surface area (TPSA) is 61.0 Å². The van der Waals surface area contributed by atoms with Crippen LogP contribution in [0.5, 0.6) is 0 Å². The number of amides is 1. The zero-order valence-corrected chi connectivity index (χ0v) is 15.4. The van der Waals surface area contributed by atoms with Crippen LogP contribution in [-0.4, -0.2) is 46.5 Å². The Morgan fingerprint density at radius 2 is 2.16 bits per heavy atom. The van der Waals surface area contributed by atoms with Crippen LogP contribution in [0.1, 0.15) is 39.2 Å². The first-order chi connectivity index (χ1) is 11.9. The molecule has 5 nitrogen and oxygen atoms in total. The summed E-state index contributed by atoms with van der Waals surface area (Å²) in [6.07, 6.45) is 9.64. The number of likely N-dealkylation sites (tertiary alicyclic amines) is 1. The summed E-state index contributed by atoms with van der Waals surface area (Å²) < 4.78 is 0.